The standard InChI is InChI=1S/C14H20N4S/c1-19-10-6-5-9-15-11-13-12-16-18(17-13)14-7-3-2-4-8-14/h2-4,7-8,12,15H,5-6,9-11H2,1H3. The summed E-state index contributed by atoms with van der Waals surface area (Å²) in [6.45, 7) is 1.82. The van der Waals surface area contributed by atoms with E-state index >= 15 is 0 Å². The Labute approximate surface area is 118 Å². The number of nitrogens with zero attached hydrogens (tertiary/aromatic N) is 3. The molecule has 2 aromatic rings. The Morgan fingerprint density at radius 3 is 2.84 bits per heavy atom. The molecule has 4 nitrogen and oxygen atoms in total. The van der Waals surface area contributed by atoms with Crippen LogP contribution >= 0.6 is 11.8 Å². The van der Waals surface area contributed by atoms with Gasteiger partial charge in [0.15, 0.2) is 0 Å². The summed E-state index contributed by atoms with van der Waals surface area (Å²) in [4.78, 5) is 1.67. The van der Waals surface area contributed by atoms with E-state index in [1.165, 1.54) is 18.6 Å². The number of hydrogen-bond acceptors (Lipinski definition) is 4. The van der Waals surface area contributed by atoms with Gasteiger partial charge in [0.2, 0.25) is 0 Å². The van der Waals surface area contributed by atoms with Crippen LogP contribution in [0.5, 0.6) is 0 Å². The molecule has 0 amide bonds. The fourth-order valence-electron chi connectivity index (χ4n) is 1.77. The van der Waals surface area contributed by atoms with Crippen molar-refractivity contribution in [2.24, 2.45) is 0 Å². The number of benzene rings is 1. The van der Waals surface area contributed by atoms with E-state index in [1.807, 2.05) is 48.3 Å². The third-order valence-electron chi connectivity index (χ3n) is 2.78. The van der Waals surface area contributed by atoms with Crippen molar-refractivity contribution >= 4 is 11.8 Å². The van der Waals surface area contributed by atoms with Crippen LogP contribution in [-0.4, -0.2) is 33.5 Å². The second kappa shape index (κ2) is 7.96. The van der Waals surface area contributed by atoms with Crippen LogP contribution < -0.4 is 5.32 Å². The van der Waals surface area contributed by atoms with Crippen LogP contribution in [0.2, 0.25) is 0 Å². The van der Waals surface area contributed by atoms with Gasteiger partial charge in [-0.25, -0.2) is 0 Å². The topological polar surface area (TPSA) is 42.7 Å². The van der Waals surface area contributed by atoms with E-state index in [0.717, 1.165) is 24.5 Å². The number of para-hydroxylation sites is 1. The summed E-state index contributed by atoms with van der Waals surface area (Å²) in [6, 6.07) is 9.97. The highest BCUT2D eigenvalue weighted by Crippen LogP contribution is 2.04. The molecular weight excluding hydrogens is 256 g/mol. The zero-order valence-electron chi connectivity index (χ0n) is 11.2. The van der Waals surface area contributed by atoms with Crippen LogP contribution in [0.1, 0.15) is 18.5 Å². The second-order valence-electron chi connectivity index (χ2n) is 4.34. The molecule has 0 bridgehead atoms. The largest absolute Gasteiger partial charge is 0.311 e. The smallest absolute Gasteiger partial charge is 0.0969 e. The number of nitrogens with one attached hydrogen (secondary N) is 1. The van der Waals surface area contributed by atoms with E-state index < -0.39 is 0 Å². The summed E-state index contributed by atoms with van der Waals surface area (Å²) in [7, 11) is 0. The molecule has 0 atom stereocenters. The summed E-state index contributed by atoms with van der Waals surface area (Å²) in [5, 5.41) is 12.1. The first-order valence-corrected chi connectivity index (χ1v) is 7.96. The Morgan fingerprint density at radius 1 is 1.21 bits per heavy atom. The normalized spacial score (nSPS) is 10.8. The SMILES string of the molecule is CSCCCCNCc1cnn(-c2ccccc2)n1. The molecule has 102 valence electrons. The molecule has 1 heterocycles. The van der Waals surface area contributed by atoms with Gasteiger partial charge in [0.1, 0.15) is 0 Å². The highest BCUT2D eigenvalue weighted by Gasteiger charge is 2.01. The predicted octanol–water partition coefficient (Wildman–Crippen LogP) is 2.50. The van der Waals surface area contributed by atoms with Crippen LogP contribution in [0.15, 0.2) is 36.5 Å². The van der Waals surface area contributed by atoms with Crippen molar-refractivity contribution in [2.45, 2.75) is 19.4 Å². The summed E-state index contributed by atoms with van der Waals surface area (Å²) >= 11 is 1.90. The Morgan fingerprint density at radius 2 is 2.05 bits per heavy atom. The monoisotopic (exact) mass is 276 g/mol. The lowest BCUT2D eigenvalue weighted by Gasteiger charge is -2.01. The van der Waals surface area contributed by atoms with Crippen molar-refractivity contribution in [3.8, 4) is 5.69 Å². The van der Waals surface area contributed by atoms with Crippen LogP contribution in [0.3, 0.4) is 0 Å². The predicted molar refractivity (Wildman–Crippen MR) is 80.7 cm³/mol. The average molecular weight is 276 g/mol. The van der Waals surface area contributed by atoms with E-state index in [0.29, 0.717) is 0 Å². The van der Waals surface area contributed by atoms with E-state index in [1.54, 1.807) is 4.80 Å². The first-order chi connectivity index (χ1) is 9.40. The van der Waals surface area contributed by atoms with Gasteiger partial charge in [-0.2, -0.15) is 26.8 Å². The third-order valence-corrected chi connectivity index (χ3v) is 3.48. The Balaban J connectivity index is 1.75. The number of thioether (sulfide) groups is 1. The van der Waals surface area contributed by atoms with Crippen molar-refractivity contribution in [2.75, 3.05) is 18.6 Å². The van der Waals surface area contributed by atoms with E-state index in [9.17, 15) is 0 Å². The van der Waals surface area contributed by atoms with Gasteiger partial charge in [0.25, 0.3) is 0 Å². The zero-order valence-corrected chi connectivity index (χ0v) is 12.1. The molecule has 0 radical (unpaired) electrons. The van der Waals surface area contributed by atoms with Gasteiger partial charge >= 0.3 is 0 Å². The van der Waals surface area contributed by atoms with Crippen molar-refractivity contribution in [3.63, 3.8) is 0 Å². The minimum Gasteiger partial charge on any atom is -0.311 e. The van der Waals surface area contributed by atoms with Gasteiger partial charge in [-0.3, -0.25) is 0 Å². The number of unbranched alkanes of at least 4 members (excludes halogenated alkanes) is 1. The molecule has 0 unspecified atom stereocenters. The van der Waals surface area contributed by atoms with Gasteiger partial charge in [0.05, 0.1) is 17.6 Å². The highest BCUT2D eigenvalue weighted by atomic mass is 32.2. The van der Waals surface area contributed by atoms with Gasteiger partial charge in [-0.05, 0) is 43.5 Å². The van der Waals surface area contributed by atoms with Gasteiger partial charge < -0.3 is 5.32 Å². The van der Waals surface area contributed by atoms with Gasteiger partial charge in [-0.1, -0.05) is 18.2 Å². The first-order valence-electron chi connectivity index (χ1n) is 6.56. The lowest BCUT2D eigenvalue weighted by atomic mass is 10.3. The average Bonchev–Trinajstić information content (AvgIpc) is 2.92. The van der Waals surface area contributed by atoms with E-state index in [4.69, 9.17) is 0 Å². The van der Waals surface area contributed by atoms with Crippen LogP contribution in [-0.2, 0) is 6.54 Å². The van der Waals surface area contributed by atoms with Crippen molar-refractivity contribution in [1.29, 1.82) is 0 Å². The molecular formula is C14H20N4S. The second-order valence-corrected chi connectivity index (χ2v) is 5.32. The number of hydrogen-bond donors (Lipinski definition) is 1. The maximum absolute atomic E-state index is 4.45. The minimum absolute atomic E-state index is 0.784. The zero-order chi connectivity index (χ0) is 13.3. The van der Waals surface area contributed by atoms with Crippen molar-refractivity contribution in [1.82, 2.24) is 20.3 Å². The number of aromatic nitrogens is 3. The minimum atomic E-state index is 0.784. The third kappa shape index (κ3) is 4.69. The first kappa shape index (κ1) is 14.1. The molecule has 2 rings (SSSR count). The molecule has 5 heteroatoms. The summed E-state index contributed by atoms with van der Waals surface area (Å²) in [5.74, 6) is 1.24. The Kier molecular flexibility index (Phi) is 5.91. The van der Waals surface area contributed by atoms with Gasteiger partial charge in [-0.15, -0.1) is 0 Å². The molecule has 0 spiro atoms. The fourth-order valence-corrected chi connectivity index (χ4v) is 2.27. The molecule has 1 aromatic heterocycles. The molecule has 0 aliphatic rings. The molecule has 0 aliphatic heterocycles. The molecule has 0 fully saturated rings. The highest BCUT2D eigenvalue weighted by molar-refractivity contribution is 7.98. The van der Waals surface area contributed by atoms with Crippen LogP contribution in [0.4, 0.5) is 0 Å². The maximum atomic E-state index is 4.45. The maximum Gasteiger partial charge on any atom is 0.0969 e. The lowest BCUT2D eigenvalue weighted by Crippen LogP contribution is -2.15. The molecule has 0 saturated heterocycles. The molecule has 1 aromatic carbocycles. The van der Waals surface area contributed by atoms with Crippen LogP contribution in [0, 0.1) is 0 Å². The lowest BCUT2D eigenvalue weighted by molar-refractivity contribution is 0.628. The van der Waals surface area contributed by atoms with Gasteiger partial charge in [0, 0.05) is 6.54 Å². The fraction of sp³-hybridized carbons (Fsp3) is 0.429. The molecule has 0 aliphatic carbocycles. The van der Waals surface area contributed by atoms with Crippen molar-refractivity contribution < 1.29 is 0 Å². The quantitative estimate of drug-likeness (QED) is 0.752. The van der Waals surface area contributed by atoms with E-state index in [-0.39, 0.29) is 0 Å². The van der Waals surface area contributed by atoms with Crippen molar-refractivity contribution in [3.05, 3.63) is 42.2 Å². The van der Waals surface area contributed by atoms with Crippen LogP contribution in [0.25, 0.3) is 5.69 Å². The molecule has 1 N–H and O–H groups in total. The summed E-state index contributed by atoms with van der Waals surface area (Å²) in [6.07, 6.45) is 6.45. The molecule has 0 saturated carbocycles. The number of rotatable bonds is 8. The summed E-state index contributed by atoms with van der Waals surface area (Å²) in [5.41, 5.74) is 1.97. The Bertz CT molecular complexity index is 469. The summed E-state index contributed by atoms with van der Waals surface area (Å²) < 4.78 is 0. The Hall–Kier alpha value is -1.33. The molecule has 19 heavy (non-hydrogen) atoms. The van der Waals surface area contributed by atoms with E-state index in [2.05, 4.69) is 21.8 Å².